The highest BCUT2D eigenvalue weighted by atomic mass is 32.1. The summed E-state index contributed by atoms with van der Waals surface area (Å²) in [5, 5.41) is 5.10. The second-order valence-electron chi connectivity index (χ2n) is 7.75. The molecule has 4 nitrogen and oxygen atoms in total. The van der Waals surface area contributed by atoms with Gasteiger partial charge in [0.25, 0.3) is 0 Å². The van der Waals surface area contributed by atoms with Crippen LogP contribution in [0.2, 0.25) is 0 Å². The SMILES string of the molecule is Cc1ccc2[nH]c(C)c(CCN(Cc3cccnc3)C(=S)Nc3ccc(F)cc3)c2c1. The van der Waals surface area contributed by atoms with E-state index in [1.807, 2.05) is 18.3 Å². The van der Waals surface area contributed by atoms with Crippen LogP contribution < -0.4 is 5.32 Å². The van der Waals surface area contributed by atoms with Gasteiger partial charge < -0.3 is 15.2 Å². The van der Waals surface area contributed by atoms with Gasteiger partial charge in [-0.2, -0.15) is 0 Å². The summed E-state index contributed by atoms with van der Waals surface area (Å²) in [6, 6.07) is 16.7. The van der Waals surface area contributed by atoms with E-state index in [2.05, 4.69) is 52.2 Å². The first-order chi connectivity index (χ1) is 15.0. The molecule has 0 aliphatic heterocycles. The summed E-state index contributed by atoms with van der Waals surface area (Å²) < 4.78 is 13.3. The molecule has 158 valence electrons. The highest BCUT2D eigenvalue weighted by molar-refractivity contribution is 7.80. The molecule has 4 rings (SSSR count). The molecule has 0 unspecified atom stereocenters. The summed E-state index contributed by atoms with van der Waals surface area (Å²) in [5.74, 6) is -0.270. The zero-order chi connectivity index (χ0) is 21.8. The maximum absolute atomic E-state index is 13.3. The Bertz CT molecular complexity index is 1190. The zero-order valence-corrected chi connectivity index (χ0v) is 18.5. The van der Waals surface area contributed by atoms with Crippen molar-refractivity contribution >= 4 is 33.9 Å². The van der Waals surface area contributed by atoms with Crippen molar-refractivity contribution in [1.82, 2.24) is 14.9 Å². The first-order valence-electron chi connectivity index (χ1n) is 10.3. The van der Waals surface area contributed by atoms with Gasteiger partial charge in [-0.15, -0.1) is 0 Å². The number of H-pyrrole nitrogens is 1. The summed E-state index contributed by atoms with van der Waals surface area (Å²) in [7, 11) is 0. The van der Waals surface area contributed by atoms with E-state index in [9.17, 15) is 4.39 Å². The summed E-state index contributed by atoms with van der Waals surface area (Å²) in [4.78, 5) is 9.85. The largest absolute Gasteiger partial charge is 0.358 e. The minimum Gasteiger partial charge on any atom is -0.358 e. The fourth-order valence-electron chi connectivity index (χ4n) is 3.77. The highest BCUT2D eigenvalue weighted by Crippen LogP contribution is 2.24. The van der Waals surface area contributed by atoms with Gasteiger partial charge >= 0.3 is 0 Å². The van der Waals surface area contributed by atoms with Crippen LogP contribution in [-0.2, 0) is 13.0 Å². The third-order valence-corrected chi connectivity index (χ3v) is 5.75. The third-order valence-electron chi connectivity index (χ3n) is 5.39. The Hall–Kier alpha value is -3.25. The van der Waals surface area contributed by atoms with Crippen molar-refractivity contribution in [2.45, 2.75) is 26.8 Å². The molecule has 0 saturated carbocycles. The van der Waals surface area contributed by atoms with Gasteiger partial charge in [0.1, 0.15) is 5.82 Å². The second kappa shape index (κ2) is 9.27. The Morgan fingerprint density at radius 3 is 2.68 bits per heavy atom. The van der Waals surface area contributed by atoms with Gasteiger partial charge in [0.2, 0.25) is 0 Å². The minimum absolute atomic E-state index is 0.270. The molecule has 6 heteroatoms. The number of anilines is 1. The zero-order valence-electron chi connectivity index (χ0n) is 17.7. The Morgan fingerprint density at radius 2 is 1.94 bits per heavy atom. The van der Waals surface area contributed by atoms with Crippen molar-refractivity contribution in [2.75, 3.05) is 11.9 Å². The molecule has 2 aromatic heterocycles. The molecule has 2 aromatic carbocycles. The van der Waals surface area contributed by atoms with E-state index in [0.29, 0.717) is 11.7 Å². The molecule has 2 heterocycles. The maximum Gasteiger partial charge on any atom is 0.173 e. The number of pyridine rings is 1. The molecular formula is C25H25FN4S. The molecule has 0 spiro atoms. The van der Waals surface area contributed by atoms with Gasteiger partial charge in [-0.25, -0.2) is 4.39 Å². The Balaban J connectivity index is 1.55. The first-order valence-corrected chi connectivity index (χ1v) is 10.7. The predicted octanol–water partition coefficient (Wildman–Crippen LogP) is 5.76. The molecule has 0 radical (unpaired) electrons. The fourth-order valence-corrected chi connectivity index (χ4v) is 4.04. The second-order valence-corrected chi connectivity index (χ2v) is 8.13. The Labute approximate surface area is 187 Å². The van der Waals surface area contributed by atoms with E-state index in [0.717, 1.165) is 29.7 Å². The average molecular weight is 433 g/mol. The van der Waals surface area contributed by atoms with Gasteiger partial charge in [-0.05, 0) is 86.1 Å². The number of aromatic amines is 1. The third kappa shape index (κ3) is 5.09. The van der Waals surface area contributed by atoms with Crippen molar-refractivity contribution in [3.8, 4) is 0 Å². The van der Waals surface area contributed by atoms with Crippen LogP contribution in [0.1, 0.15) is 22.4 Å². The standard InChI is InChI=1S/C25H25FN4S/c1-17-5-10-24-23(14-17)22(18(2)28-24)11-13-30(16-19-4-3-12-27-15-19)25(31)29-21-8-6-20(26)7-9-21/h3-10,12,14-15,28H,11,13,16H2,1-2H3,(H,29,31). The van der Waals surface area contributed by atoms with Gasteiger partial charge in [-0.3, -0.25) is 4.98 Å². The Kier molecular flexibility index (Phi) is 6.28. The number of aryl methyl sites for hydroxylation is 2. The van der Waals surface area contributed by atoms with Crippen LogP contribution in [0.5, 0.6) is 0 Å². The van der Waals surface area contributed by atoms with Crippen LogP contribution >= 0.6 is 12.2 Å². The van der Waals surface area contributed by atoms with E-state index in [4.69, 9.17) is 12.2 Å². The number of nitrogens with one attached hydrogen (secondary N) is 2. The summed E-state index contributed by atoms with van der Waals surface area (Å²) in [6.45, 7) is 5.61. The van der Waals surface area contributed by atoms with Crippen molar-refractivity contribution in [3.63, 3.8) is 0 Å². The number of benzene rings is 2. The van der Waals surface area contributed by atoms with E-state index in [1.165, 1.54) is 34.3 Å². The van der Waals surface area contributed by atoms with Crippen molar-refractivity contribution in [2.24, 2.45) is 0 Å². The molecule has 4 aromatic rings. The number of halogens is 1. The van der Waals surface area contributed by atoms with Crippen LogP contribution in [0.3, 0.4) is 0 Å². The van der Waals surface area contributed by atoms with Crippen molar-refractivity contribution in [1.29, 1.82) is 0 Å². The molecule has 31 heavy (non-hydrogen) atoms. The lowest BCUT2D eigenvalue weighted by Gasteiger charge is -2.26. The first kappa shape index (κ1) is 21.0. The lowest BCUT2D eigenvalue weighted by atomic mass is 10.1. The molecular weight excluding hydrogens is 407 g/mol. The number of thiocarbonyl (C=S) groups is 1. The van der Waals surface area contributed by atoms with Gasteiger partial charge in [0.15, 0.2) is 5.11 Å². The van der Waals surface area contributed by atoms with Crippen molar-refractivity contribution < 1.29 is 4.39 Å². The van der Waals surface area contributed by atoms with Crippen LogP contribution in [0.4, 0.5) is 10.1 Å². The topological polar surface area (TPSA) is 44.0 Å². The van der Waals surface area contributed by atoms with Crippen LogP contribution in [-0.4, -0.2) is 26.5 Å². The maximum atomic E-state index is 13.3. The molecule has 0 aliphatic rings. The highest BCUT2D eigenvalue weighted by Gasteiger charge is 2.15. The normalized spacial score (nSPS) is 10.9. The summed E-state index contributed by atoms with van der Waals surface area (Å²) in [6.07, 6.45) is 4.47. The van der Waals surface area contributed by atoms with E-state index in [1.54, 1.807) is 18.3 Å². The average Bonchev–Trinajstić information content (AvgIpc) is 3.07. The number of rotatable bonds is 6. The number of nitrogens with zero attached hydrogens (tertiary/aromatic N) is 2. The van der Waals surface area contributed by atoms with Crippen LogP contribution in [0, 0.1) is 19.7 Å². The molecule has 0 atom stereocenters. The van der Waals surface area contributed by atoms with Crippen LogP contribution in [0.15, 0.2) is 67.0 Å². The van der Waals surface area contributed by atoms with E-state index in [-0.39, 0.29) is 5.82 Å². The van der Waals surface area contributed by atoms with Gasteiger partial charge in [-0.1, -0.05) is 17.7 Å². The minimum atomic E-state index is -0.270. The van der Waals surface area contributed by atoms with E-state index < -0.39 is 0 Å². The monoisotopic (exact) mass is 432 g/mol. The molecule has 2 N–H and O–H groups in total. The molecule has 0 saturated heterocycles. The molecule has 0 aliphatic carbocycles. The molecule has 0 amide bonds. The number of fused-ring (bicyclic) bond motifs is 1. The predicted molar refractivity (Wildman–Crippen MR) is 129 cm³/mol. The number of hydrogen-bond acceptors (Lipinski definition) is 2. The smallest absolute Gasteiger partial charge is 0.173 e. The Morgan fingerprint density at radius 1 is 1.13 bits per heavy atom. The lowest BCUT2D eigenvalue weighted by molar-refractivity contribution is 0.422. The van der Waals surface area contributed by atoms with Crippen LogP contribution in [0.25, 0.3) is 10.9 Å². The number of aromatic nitrogens is 2. The number of hydrogen-bond donors (Lipinski definition) is 2. The summed E-state index contributed by atoms with van der Waals surface area (Å²) >= 11 is 5.73. The molecule has 0 bridgehead atoms. The van der Waals surface area contributed by atoms with E-state index >= 15 is 0 Å². The van der Waals surface area contributed by atoms with Gasteiger partial charge in [0.05, 0.1) is 0 Å². The molecule has 0 fully saturated rings. The summed E-state index contributed by atoms with van der Waals surface area (Å²) in [5.41, 5.74) is 6.73. The fraction of sp³-hybridized carbons (Fsp3) is 0.200. The quantitative estimate of drug-likeness (QED) is 0.380. The lowest BCUT2D eigenvalue weighted by Crippen LogP contribution is -2.36. The van der Waals surface area contributed by atoms with Gasteiger partial charge in [0, 0.05) is 47.8 Å². The van der Waals surface area contributed by atoms with Crippen molar-refractivity contribution in [3.05, 3.63) is 95.2 Å².